The van der Waals surface area contributed by atoms with Crippen LogP contribution in [0.25, 0.3) is 184 Å². The quantitative estimate of drug-likeness (QED) is 0.114. The van der Waals surface area contributed by atoms with Gasteiger partial charge in [0.15, 0.2) is 0 Å². The van der Waals surface area contributed by atoms with Gasteiger partial charge in [-0.25, -0.2) is 0 Å². The van der Waals surface area contributed by atoms with Crippen molar-refractivity contribution in [2.45, 2.75) is 19.3 Å². The molecule has 25 rings (SSSR count). The zero-order chi connectivity index (χ0) is 82.8. The maximum Gasteiger partial charge on any atom is 0.0634 e. The zero-order valence-electron chi connectivity index (χ0n) is 68.8. The lowest BCUT2D eigenvalue weighted by molar-refractivity contribution is 0.660. The summed E-state index contributed by atoms with van der Waals surface area (Å²) in [5.41, 5.74) is 31.5. The van der Waals surface area contributed by atoms with Crippen molar-refractivity contribution in [1.29, 1.82) is 0 Å². The highest BCUT2D eigenvalue weighted by Crippen LogP contribution is 2.54. The third kappa shape index (κ3) is 12.3. The lowest BCUT2D eigenvalue weighted by Crippen LogP contribution is -2.16. The molecule has 125 heavy (non-hydrogen) atoms. The lowest BCUT2D eigenvalue weighted by atomic mass is 9.82. The van der Waals surface area contributed by atoms with Crippen LogP contribution in [0.5, 0.6) is 0 Å². The summed E-state index contributed by atoms with van der Waals surface area (Å²) in [5, 5.41) is 15.2. The van der Waals surface area contributed by atoms with E-state index in [0.717, 1.165) is 34.1 Å². The number of hydrogen-bond acceptors (Lipinski definition) is 4. The van der Waals surface area contributed by atoms with Gasteiger partial charge in [0, 0.05) is 123 Å². The molecular formula is C119H80N4S2. The zero-order valence-corrected chi connectivity index (χ0v) is 70.5. The summed E-state index contributed by atoms with van der Waals surface area (Å²) in [7, 11) is 0. The predicted octanol–water partition coefficient (Wildman–Crippen LogP) is 34.2. The van der Waals surface area contributed by atoms with E-state index >= 15 is 0 Å². The van der Waals surface area contributed by atoms with Crippen LogP contribution < -0.4 is 9.80 Å². The topological polar surface area (TPSA) is 16.3 Å². The average molecular weight is 1630 g/mol. The Morgan fingerprint density at radius 1 is 0.216 bits per heavy atom. The molecule has 0 radical (unpaired) electrons. The summed E-state index contributed by atoms with van der Waals surface area (Å²) in [6.07, 6.45) is 0. The van der Waals surface area contributed by atoms with Crippen molar-refractivity contribution in [1.82, 2.24) is 9.13 Å². The minimum absolute atomic E-state index is 0.111. The largest absolute Gasteiger partial charge is 0.311 e. The first-order valence-electron chi connectivity index (χ1n) is 43.0. The number of hydrogen-bond donors (Lipinski definition) is 0. The lowest BCUT2D eigenvalue weighted by Gasteiger charge is -2.28. The van der Waals surface area contributed by atoms with Crippen molar-refractivity contribution >= 4 is 162 Å². The fourth-order valence-electron chi connectivity index (χ4n) is 20.0. The van der Waals surface area contributed by atoms with Crippen LogP contribution in [0.2, 0.25) is 0 Å². The average Bonchev–Trinajstić information content (AvgIpc) is 1.55. The number of aromatic nitrogens is 2. The van der Waals surface area contributed by atoms with Crippen LogP contribution in [0, 0.1) is 0 Å². The number of rotatable bonds is 13. The number of benzene rings is 20. The number of anilines is 6. The Bertz CT molecular complexity index is 8230. The first-order chi connectivity index (χ1) is 61.8. The van der Waals surface area contributed by atoms with Crippen molar-refractivity contribution in [3.63, 3.8) is 0 Å². The molecule has 0 N–H and O–H groups in total. The van der Waals surface area contributed by atoms with E-state index in [2.05, 4.69) is 482 Å². The highest BCUT2D eigenvalue weighted by molar-refractivity contribution is 7.27. The highest BCUT2D eigenvalue weighted by Gasteiger charge is 2.36. The van der Waals surface area contributed by atoms with Gasteiger partial charge in [0.1, 0.15) is 0 Å². The minimum Gasteiger partial charge on any atom is -0.311 e. The molecule has 0 saturated heterocycles. The Balaban J connectivity index is 0.000000140. The van der Waals surface area contributed by atoms with Gasteiger partial charge >= 0.3 is 0 Å². The van der Waals surface area contributed by atoms with Gasteiger partial charge < -0.3 is 18.9 Å². The minimum atomic E-state index is -0.111. The number of thiophene rings is 2. The third-order valence-corrected chi connectivity index (χ3v) is 28.4. The van der Waals surface area contributed by atoms with Crippen molar-refractivity contribution < 1.29 is 0 Å². The molecule has 588 valence electrons. The van der Waals surface area contributed by atoms with Crippen LogP contribution in [0.1, 0.15) is 25.0 Å². The normalized spacial score (nSPS) is 12.3. The smallest absolute Gasteiger partial charge is 0.0634 e. The van der Waals surface area contributed by atoms with E-state index in [1.807, 2.05) is 22.7 Å². The molecule has 0 fully saturated rings. The van der Waals surface area contributed by atoms with Crippen molar-refractivity contribution in [2.75, 3.05) is 9.80 Å². The van der Waals surface area contributed by atoms with E-state index < -0.39 is 0 Å². The van der Waals surface area contributed by atoms with Gasteiger partial charge in [-0.1, -0.05) is 341 Å². The van der Waals surface area contributed by atoms with Gasteiger partial charge in [-0.15, -0.1) is 22.7 Å². The number of para-hydroxylation sites is 2. The maximum absolute atomic E-state index is 2.53. The van der Waals surface area contributed by atoms with Gasteiger partial charge in [-0.3, -0.25) is 0 Å². The Labute approximate surface area is 733 Å². The monoisotopic (exact) mass is 1630 g/mol. The SMILES string of the molecule is CC1(C)c2ccccc2-c2ccc(N(c3ccc(-c4ccccc4)cc3)c3ccc(-c4cc5c6ccccc6n(-c6cccc7ccccc67)c5c5c4sc4ccccc45)cc3)cc21.c1ccc(-c2ccc(N(c3ccc(-c4ccccc4)cc3)c3ccc(-c4cc5c6ccccc6n(-c6cccc7ccccc67)c5c5c4sc4ccccc45)cc3)cc2)cc1. The molecule has 6 heteroatoms. The second kappa shape index (κ2) is 30.0. The summed E-state index contributed by atoms with van der Waals surface area (Å²) in [5.74, 6) is 0. The molecular weight excluding hydrogens is 1550 g/mol. The van der Waals surface area contributed by atoms with Crippen LogP contribution in [-0.4, -0.2) is 9.13 Å². The van der Waals surface area contributed by atoms with E-state index in [1.54, 1.807) is 0 Å². The summed E-state index contributed by atoms with van der Waals surface area (Å²) >= 11 is 3.80. The Kier molecular flexibility index (Phi) is 17.6. The molecule has 0 atom stereocenters. The van der Waals surface area contributed by atoms with Crippen molar-refractivity contribution in [3.05, 3.63) is 460 Å². The Morgan fingerprint density at radius 2 is 0.528 bits per heavy atom. The molecule has 4 nitrogen and oxygen atoms in total. The molecule has 0 bridgehead atoms. The molecule has 1 aliphatic rings. The predicted molar refractivity (Wildman–Crippen MR) is 536 cm³/mol. The Hall–Kier alpha value is -15.4. The molecule has 24 aromatic rings. The molecule has 1 aliphatic carbocycles. The van der Waals surface area contributed by atoms with E-state index in [9.17, 15) is 0 Å². The molecule has 4 aromatic heterocycles. The van der Waals surface area contributed by atoms with E-state index in [4.69, 9.17) is 0 Å². The second-order valence-electron chi connectivity index (χ2n) is 33.4. The van der Waals surface area contributed by atoms with Crippen LogP contribution in [-0.2, 0) is 5.41 Å². The number of fused-ring (bicyclic) bond motifs is 19. The van der Waals surface area contributed by atoms with Gasteiger partial charge in [0.2, 0.25) is 0 Å². The summed E-state index contributed by atoms with van der Waals surface area (Å²) < 4.78 is 10.2. The molecule has 20 aromatic carbocycles. The molecule has 0 unspecified atom stereocenters. The third-order valence-electron chi connectivity index (χ3n) is 26.0. The molecule has 0 spiro atoms. The fraction of sp³-hybridized carbons (Fsp3) is 0.0252. The molecule has 0 aliphatic heterocycles. The fourth-order valence-corrected chi connectivity index (χ4v) is 22.5. The molecule has 0 saturated carbocycles. The van der Waals surface area contributed by atoms with E-state index in [1.165, 1.54) is 195 Å². The second-order valence-corrected chi connectivity index (χ2v) is 35.5. The molecule has 0 amide bonds. The van der Waals surface area contributed by atoms with Gasteiger partial charge in [0.25, 0.3) is 0 Å². The standard InChI is InChI=1S/C61H42N2S.C58H38N2S/c1-61(2)53-23-11-8-20-47(53)48-36-35-45(37-54(48)61)62(43-31-27-40(28-32-43)39-15-4-3-5-16-39)44-33-29-42(30-34-44)51-38-52-49-21-9-12-24-56(49)63(55-25-14-18-41-17-6-7-19-46(41)55)59(52)58-50-22-10-13-26-57(50)64-60(51)58;1-3-14-39(15-4-1)41-26-32-45(33-27-41)59(46-34-28-42(29-35-46)40-16-5-2-6-17-40)47-36-30-44(31-37-47)51-38-52-49-21-9-11-23-54(49)60(53-24-13-19-43-18-7-8-20-48(43)53)57(52)56-50-22-10-12-25-55(50)61-58(51)56/h3-38H,1-2H3;1-38H. The molecule has 4 heterocycles. The highest BCUT2D eigenvalue weighted by atomic mass is 32.1. The van der Waals surface area contributed by atoms with Crippen molar-refractivity contribution in [2.24, 2.45) is 0 Å². The number of nitrogens with zero attached hydrogens (tertiary/aromatic N) is 4. The van der Waals surface area contributed by atoms with Crippen LogP contribution in [0.15, 0.2) is 449 Å². The van der Waals surface area contributed by atoms with E-state index in [-0.39, 0.29) is 5.41 Å². The van der Waals surface area contributed by atoms with Crippen LogP contribution >= 0.6 is 22.7 Å². The summed E-state index contributed by atoms with van der Waals surface area (Å²) in [6.45, 7) is 4.72. The summed E-state index contributed by atoms with van der Waals surface area (Å²) in [6, 6.07) is 165. The van der Waals surface area contributed by atoms with Gasteiger partial charge in [-0.05, 0) is 199 Å². The first-order valence-corrected chi connectivity index (χ1v) is 44.6. The van der Waals surface area contributed by atoms with Gasteiger partial charge in [-0.2, -0.15) is 0 Å². The Morgan fingerprint density at radius 3 is 0.952 bits per heavy atom. The van der Waals surface area contributed by atoms with Crippen LogP contribution in [0.3, 0.4) is 0 Å². The first kappa shape index (κ1) is 73.5. The van der Waals surface area contributed by atoms with Gasteiger partial charge in [0.05, 0.1) is 33.4 Å². The van der Waals surface area contributed by atoms with E-state index in [0.29, 0.717) is 0 Å². The summed E-state index contributed by atoms with van der Waals surface area (Å²) in [4.78, 5) is 4.79. The maximum atomic E-state index is 2.53. The van der Waals surface area contributed by atoms with Crippen molar-refractivity contribution in [3.8, 4) is 78.1 Å². The van der Waals surface area contributed by atoms with Crippen LogP contribution in [0.4, 0.5) is 34.1 Å².